The summed E-state index contributed by atoms with van der Waals surface area (Å²) in [5, 5.41) is 14.1. The standard InChI is InChI=1S/C16H14N4O3S2/c1-3-19(10(2)21)16-17-11(9-24-16)4-7-15-18-13-6-5-12(20(22)23)8-14(13)25-15/h4-9H,3H2,1-2H3/b7-4+. The second-order valence-corrected chi connectivity index (χ2v) is 7.01. The van der Waals surface area contributed by atoms with Gasteiger partial charge in [-0.2, -0.15) is 0 Å². The van der Waals surface area contributed by atoms with E-state index in [4.69, 9.17) is 0 Å². The van der Waals surface area contributed by atoms with Crippen LogP contribution in [0.3, 0.4) is 0 Å². The van der Waals surface area contributed by atoms with Crippen LogP contribution in [0.25, 0.3) is 22.4 Å². The van der Waals surface area contributed by atoms with Gasteiger partial charge in [-0.3, -0.25) is 19.8 Å². The molecule has 0 aliphatic heterocycles. The number of amides is 1. The van der Waals surface area contributed by atoms with Crippen LogP contribution in [0.5, 0.6) is 0 Å². The molecule has 0 bridgehead atoms. The van der Waals surface area contributed by atoms with Crippen LogP contribution in [0.4, 0.5) is 10.8 Å². The Kier molecular flexibility index (Phi) is 4.86. The summed E-state index contributed by atoms with van der Waals surface area (Å²) in [5.41, 5.74) is 1.52. The van der Waals surface area contributed by atoms with Crippen molar-refractivity contribution in [2.24, 2.45) is 0 Å². The number of hydrogen-bond donors (Lipinski definition) is 0. The van der Waals surface area contributed by atoms with Crippen molar-refractivity contribution in [1.29, 1.82) is 0 Å². The molecule has 0 radical (unpaired) electrons. The van der Waals surface area contributed by atoms with E-state index >= 15 is 0 Å². The summed E-state index contributed by atoms with van der Waals surface area (Å²) in [6.07, 6.45) is 3.64. The minimum atomic E-state index is -0.417. The molecule has 3 rings (SSSR count). The molecule has 2 aromatic heterocycles. The van der Waals surface area contributed by atoms with E-state index in [9.17, 15) is 14.9 Å². The maximum atomic E-state index is 11.6. The molecular weight excluding hydrogens is 360 g/mol. The largest absolute Gasteiger partial charge is 0.289 e. The normalized spacial score (nSPS) is 11.3. The monoisotopic (exact) mass is 374 g/mol. The zero-order chi connectivity index (χ0) is 18.0. The van der Waals surface area contributed by atoms with Gasteiger partial charge in [0.05, 0.1) is 20.8 Å². The molecule has 1 amide bonds. The summed E-state index contributed by atoms with van der Waals surface area (Å²) in [6.45, 7) is 3.99. The average Bonchev–Trinajstić information content (AvgIpc) is 3.18. The van der Waals surface area contributed by atoms with Crippen molar-refractivity contribution in [2.45, 2.75) is 13.8 Å². The highest BCUT2D eigenvalue weighted by Crippen LogP contribution is 2.28. The third-order valence-corrected chi connectivity index (χ3v) is 5.30. The van der Waals surface area contributed by atoms with E-state index in [0.29, 0.717) is 11.7 Å². The van der Waals surface area contributed by atoms with Crippen molar-refractivity contribution in [3.05, 3.63) is 44.4 Å². The first-order chi connectivity index (χ1) is 12.0. The van der Waals surface area contributed by atoms with E-state index in [1.54, 1.807) is 11.0 Å². The smallest absolute Gasteiger partial charge is 0.270 e. The second-order valence-electron chi connectivity index (χ2n) is 5.11. The fourth-order valence-corrected chi connectivity index (χ4v) is 4.05. The minimum Gasteiger partial charge on any atom is -0.289 e. The van der Waals surface area contributed by atoms with Gasteiger partial charge in [-0.05, 0) is 25.1 Å². The maximum Gasteiger partial charge on any atom is 0.270 e. The number of hydrogen-bond acceptors (Lipinski definition) is 7. The average molecular weight is 374 g/mol. The Morgan fingerprint density at radius 3 is 2.84 bits per heavy atom. The highest BCUT2D eigenvalue weighted by atomic mass is 32.1. The summed E-state index contributed by atoms with van der Waals surface area (Å²) < 4.78 is 0.765. The highest BCUT2D eigenvalue weighted by Gasteiger charge is 2.13. The zero-order valence-corrected chi connectivity index (χ0v) is 15.1. The Bertz CT molecular complexity index is 977. The number of non-ortho nitro benzene ring substituents is 1. The van der Waals surface area contributed by atoms with E-state index in [2.05, 4.69) is 9.97 Å². The van der Waals surface area contributed by atoms with E-state index < -0.39 is 4.92 Å². The Labute approximate surface area is 151 Å². The molecule has 9 heteroatoms. The number of nitrogens with zero attached hydrogens (tertiary/aromatic N) is 4. The predicted molar refractivity (Wildman–Crippen MR) is 101 cm³/mol. The Morgan fingerprint density at radius 2 is 2.16 bits per heavy atom. The molecule has 128 valence electrons. The van der Waals surface area contributed by atoms with Crippen LogP contribution in [-0.4, -0.2) is 27.3 Å². The number of rotatable bonds is 5. The lowest BCUT2D eigenvalue weighted by molar-refractivity contribution is -0.384. The van der Waals surface area contributed by atoms with Crippen molar-refractivity contribution in [3.63, 3.8) is 0 Å². The molecule has 3 aromatic rings. The van der Waals surface area contributed by atoms with E-state index in [1.165, 1.54) is 41.7 Å². The van der Waals surface area contributed by atoms with E-state index in [-0.39, 0.29) is 11.6 Å². The van der Waals surface area contributed by atoms with Gasteiger partial charge in [0.2, 0.25) is 5.91 Å². The number of nitro groups is 1. The molecule has 0 N–H and O–H groups in total. The van der Waals surface area contributed by atoms with Crippen LogP contribution < -0.4 is 4.90 Å². The molecule has 1 aromatic carbocycles. The lowest BCUT2D eigenvalue weighted by atomic mass is 10.3. The Morgan fingerprint density at radius 1 is 1.36 bits per heavy atom. The number of carbonyl (C=O) groups is 1. The Balaban J connectivity index is 1.82. The van der Waals surface area contributed by atoms with Crippen molar-refractivity contribution >= 4 is 61.8 Å². The first-order valence-corrected chi connectivity index (χ1v) is 9.14. The minimum absolute atomic E-state index is 0.0415. The summed E-state index contributed by atoms with van der Waals surface area (Å²) in [7, 11) is 0. The second kappa shape index (κ2) is 7.08. The molecule has 25 heavy (non-hydrogen) atoms. The molecular formula is C16H14N4O3S2. The predicted octanol–water partition coefficient (Wildman–Crippen LogP) is 4.20. The lowest BCUT2D eigenvalue weighted by Gasteiger charge is -2.14. The van der Waals surface area contributed by atoms with Gasteiger partial charge in [0.1, 0.15) is 5.01 Å². The number of fused-ring (bicyclic) bond motifs is 1. The number of nitro benzene ring substituents is 1. The molecule has 2 heterocycles. The summed E-state index contributed by atoms with van der Waals surface area (Å²) in [6, 6.07) is 4.62. The third kappa shape index (κ3) is 3.72. The number of aromatic nitrogens is 2. The van der Waals surface area contributed by atoms with Gasteiger partial charge in [0, 0.05) is 31.0 Å². The van der Waals surface area contributed by atoms with Crippen LogP contribution in [0, 0.1) is 10.1 Å². The fraction of sp³-hybridized carbons (Fsp3) is 0.188. The zero-order valence-electron chi connectivity index (χ0n) is 13.5. The highest BCUT2D eigenvalue weighted by molar-refractivity contribution is 7.19. The van der Waals surface area contributed by atoms with Gasteiger partial charge in [-0.1, -0.05) is 0 Å². The number of thiazole rings is 2. The SMILES string of the molecule is CCN(C(C)=O)c1nc(/C=C/c2nc3ccc([N+](=O)[O-])cc3s2)cs1. The molecule has 0 spiro atoms. The Hall–Kier alpha value is -2.65. The van der Waals surface area contributed by atoms with Gasteiger partial charge < -0.3 is 0 Å². The van der Waals surface area contributed by atoms with Gasteiger partial charge in [0.15, 0.2) is 5.13 Å². The molecule has 0 saturated heterocycles. The van der Waals surface area contributed by atoms with Crippen LogP contribution in [-0.2, 0) is 4.79 Å². The molecule has 0 saturated carbocycles. The van der Waals surface area contributed by atoms with Crippen molar-refractivity contribution in [2.75, 3.05) is 11.4 Å². The molecule has 0 unspecified atom stereocenters. The van der Waals surface area contributed by atoms with Gasteiger partial charge in [0.25, 0.3) is 5.69 Å². The number of benzene rings is 1. The summed E-state index contributed by atoms with van der Waals surface area (Å²) in [5.74, 6) is -0.0415. The first-order valence-electron chi connectivity index (χ1n) is 7.44. The van der Waals surface area contributed by atoms with Gasteiger partial charge >= 0.3 is 0 Å². The molecule has 0 aliphatic rings. The molecule has 0 fully saturated rings. The fourth-order valence-electron chi connectivity index (χ4n) is 2.24. The van der Waals surface area contributed by atoms with Crippen molar-refractivity contribution in [3.8, 4) is 0 Å². The van der Waals surface area contributed by atoms with E-state index in [1.807, 2.05) is 24.5 Å². The van der Waals surface area contributed by atoms with Crippen LogP contribution in [0.2, 0.25) is 0 Å². The van der Waals surface area contributed by atoms with Crippen LogP contribution in [0.1, 0.15) is 24.5 Å². The summed E-state index contributed by atoms with van der Waals surface area (Å²) >= 11 is 2.79. The van der Waals surface area contributed by atoms with Crippen molar-refractivity contribution in [1.82, 2.24) is 9.97 Å². The lowest BCUT2D eigenvalue weighted by Crippen LogP contribution is -2.27. The van der Waals surface area contributed by atoms with Crippen LogP contribution >= 0.6 is 22.7 Å². The number of carbonyl (C=O) groups excluding carboxylic acids is 1. The maximum absolute atomic E-state index is 11.6. The molecule has 0 atom stereocenters. The van der Waals surface area contributed by atoms with Gasteiger partial charge in [-0.15, -0.1) is 22.7 Å². The quantitative estimate of drug-likeness (QED) is 0.493. The topological polar surface area (TPSA) is 89.2 Å². The first kappa shape index (κ1) is 17.2. The van der Waals surface area contributed by atoms with E-state index in [0.717, 1.165) is 20.9 Å². The summed E-state index contributed by atoms with van der Waals surface area (Å²) in [4.78, 5) is 32.5. The molecule has 0 aliphatic carbocycles. The molecule has 7 nitrogen and oxygen atoms in total. The number of anilines is 1. The van der Waals surface area contributed by atoms with Gasteiger partial charge in [-0.25, -0.2) is 9.97 Å². The van der Waals surface area contributed by atoms with Crippen molar-refractivity contribution < 1.29 is 9.72 Å². The van der Waals surface area contributed by atoms with Crippen LogP contribution in [0.15, 0.2) is 23.6 Å². The third-order valence-electron chi connectivity index (χ3n) is 3.43.